The molecule has 2 amide bonds. The molecule has 124 valence electrons. The van der Waals surface area contributed by atoms with Gasteiger partial charge in [-0.05, 0) is 50.5 Å². The SMILES string of the molecule is CC(C)Oc1ccc(C=CC(=O)NC2CCCNC(=O)C2)cc1. The highest BCUT2D eigenvalue weighted by atomic mass is 16.5. The standard InChI is InChI=1S/C18H24N2O3/c1-13(2)23-16-8-5-14(6-9-16)7-10-17(21)20-15-4-3-11-19-18(22)12-15/h5-10,13,15H,3-4,11-12H2,1-2H3,(H,19,22)(H,20,21). The van der Waals surface area contributed by atoms with E-state index >= 15 is 0 Å². The molecular weight excluding hydrogens is 292 g/mol. The third-order valence-electron chi connectivity index (χ3n) is 3.51. The van der Waals surface area contributed by atoms with E-state index in [9.17, 15) is 9.59 Å². The molecule has 23 heavy (non-hydrogen) atoms. The Bertz CT molecular complexity index is 564. The highest BCUT2D eigenvalue weighted by Crippen LogP contribution is 2.14. The van der Waals surface area contributed by atoms with Gasteiger partial charge in [-0.1, -0.05) is 12.1 Å². The molecule has 0 spiro atoms. The third kappa shape index (κ3) is 6.14. The van der Waals surface area contributed by atoms with Crippen LogP contribution in [0.25, 0.3) is 6.08 Å². The number of benzene rings is 1. The van der Waals surface area contributed by atoms with Crippen LogP contribution in [0.4, 0.5) is 0 Å². The van der Waals surface area contributed by atoms with Gasteiger partial charge in [-0.25, -0.2) is 0 Å². The van der Waals surface area contributed by atoms with Gasteiger partial charge in [0.15, 0.2) is 0 Å². The number of hydrogen-bond acceptors (Lipinski definition) is 3. The largest absolute Gasteiger partial charge is 0.491 e. The van der Waals surface area contributed by atoms with Crippen molar-refractivity contribution in [3.8, 4) is 5.75 Å². The fourth-order valence-electron chi connectivity index (χ4n) is 2.45. The molecule has 1 unspecified atom stereocenters. The summed E-state index contributed by atoms with van der Waals surface area (Å²) in [6.07, 6.45) is 5.45. The first-order valence-electron chi connectivity index (χ1n) is 8.05. The van der Waals surface area contributed by atoms with Gasteiger partial charge < -0.3 is 15.4 Å². The maximum atomic E-state index is 12.0. The zero-order valence-corrected chi connectivity index (χ0v) is 13.7. The summed E-state index contributed by atoms with van der Waals surface area (Å²) in [5.41, 5.74) is 0.926. The van der Waals surface area contributed by atoms with Crippen LogP contribution in [-0.2, 0) is 9.59 Å². The predicted molar refractivity (Wildman–Crippen MR) is 90.0 cm³/mol. The Morgan fingerprint density at radius 1 is 1.35 bits per heavy atom. The summed E-state index contributed by atoms with van der Waals surface area (Å²) in [5.74, 6) is 0.635. The Hall–Kier alpha value is -2.30. The average Bonchev–Trinajstić information content (AvgIpc) is 2.70. The van der Waals surface area contributed by atoms with Gasteiger partial charge >= 0.3 is 0 Å². The second kappa shape index (κ2) is 8.36. The fraction of sp³-hybridized carbons (Fsp3) is 0.444. The molecule has 1 aromatic carbocycles. The van der Waals surface area contributed by atoms with Crippen LogP contribution in [0.2, 0.25) is 0 Å². The summed E-state index contributed by atoms with van der Waals surface area (Å²) in [7, 11) is 0. The average molecular weight is 316 g/mol. The van der Waals surface area contributed by atoms with Crippen LogP contribution in [-0.4, -0.2) is 30.5 Å². The topological polar surface area (TPSA) is 67.4 Å². The van der Waals surface area contributed by atoms with Crippen molar-refractivity contribution in [2.45, 2.75) is 45.3 Å². The minimum atomic E-state index is -0.174. The van der Waals surface area contributed by atoms with E-state index in [-0.39, 0.29) is 24.0 Å². The van der Waals surface area contributed by atoms with E-state index < -0.39 is 0 Å². The molecule has 0 bridgehead atoms. The van der Waals surface area contributed by atoms with Crippen molar-refractivity contribution in [1.29, 1.82) is 0 Å². The Morgan fingerprint density at radius 3 is 2.78 bits per heavy atom. The van der Waals surface area contributed by atoms with E-state index in [0.29, 0.717) is 13.0 Å². The number of carbonyl (C=O) groups is 2. The van der Waals surface area contributed by atoms with Crippen LogP contribution in [0.1, 0.15) is 38.7 Å². The summed E-state index contributed by atoms with van der Waals surface area (Å²) in [5, 5.41) is 5.69. The highest BCUT2D eigenvalue weighted by molar-refractivity contribution is 5.92. The van der Waals surface area contributed by atoms with E-state index in [4.69, 9.17) is 4.74 Å². The van der Waals surface area contributed by atoms with Crippen molar-refractivity contribution in [3.05, 3.63) is 35.9 Å². The third-order valence-corrected chi connectivity index (χ3v) is 3.51. The molecule has 1 fully saturated rings. The quantitative estimate of drug-likeness (QED) is 0.819. The molecule has 2 N–H and O–H groups in total. The van der Waals surface area contributed by atoms with Gasteiger partial charge in [-0.15, -0.1) is 0 Å². The number of hydrogen-bond donors (Lipinski definition) is 2. The van der Waals surface area contributed by atoms with Crippen LogP contribution in [0.5, 0.6) is 5.75 Å². The first kappa shape index (κ1) is 17.1. The molecule has 0 aromatic heterocycles. The van der Waals surface area contributed by atoms with E-state index in [1.165, 1.54) is 6.08 Å². The van der Waals surface area contributed by atoms with Gasteiger partial charge in [0, 0.05) is 25.1 Å². The van der Waals surface area contributed by atoms with E-state index in [2.05, 4.69) is 10.6 Å². The summed E-state index contributed by atoms with van der Waals surface area (Å²) >= 11 is 0. The van der Waals surface area contributed by atoms with Gasteiger partial charge in [0.1, 0.15) is 5.75 Å². The number of nitrogens with one attached hydrogen (secondary N) is 2. The van der Waals surface area contributed by atoms with E-state index in [1.54, 1.807) is 6.08 Å². The second-order valence-electron chi connectivity index (χ2n) is 5.97. The van der Waals surface area contributed by atoms with E-state index in [0.717, 1.165) is 24.2 Å². The molecular formula is C18H24N2O3. The van der Waals surface area contributed by atoms with Gasteiger partial charge in [0.05, 0.1) is 6.10 Å². The number of ether oxygens (including phenoxy) is 1. The highest BCUT2D eigenvalue weighted by Gasteiger charge is 2.18. The van der Waals surface area contributed by atoms with Gasteiger partial charge in [-0.3, -0.25) is 9.59 Å². The van der Waals surface area contributed by atoms with Gasteiger partial charge in [0.2, 0.25) is 11.8 Å². The van der Waals surface area contributed by atoms with Crippen LogP contribution in [0.3, 0.4) is 0 Å². The van der Waals surface area contributed by atoms with Crippen molar-refractivity contribution in [2.24, 2.45) is 0 Å². The Kier molecular flexibility index (Phi) is 6.20. The lowest BCUT2D eigenvalue weighted by Crippen LogP contribution is -2.35. The van der Waals surface area contributed by atoms with Crippen molar-refractivity contribution in [3.63, 3.8) is 0 Å². The molecule has 1 atom stereocenters. The monoisotopic (exact) mass is 316 g/mol. The maximum absolute atomic E-state index is 12.0. The zero-order chi connectivity index (χ0) is 16.7. The Balaban J connectivity index is 1.86. The van der Waals surface area contributed by atoms with Crippen LogP contribution in [0.15, 0.2) is 30.3 Å². The lowest BCUT2D eigenvalue weighted by Gasteiger charge is -2.13. The lowest BCUT2D eigenvalue weighted by atomic mass is 10.1. The number of carbonyl (C=O) groups excluding carboxylic acids is 2. The molecule has 1 aliphatic rings. The summed E-state index contributed by atoms with van der Waals surface area (Å²) in [4.78, 5) is 23.4. The van der Waals surface area contributed by atoms with Crippen LogP contribution in [0, 0.1) is 0 Å². The molecule has 5 heteroatoms. The molecule has 0 aliphatic carbocycles. The van der Waals surface area contributed by atoms with Crippen molar-refractivity contribution in [1.82, 2.24) is 10.6 Å². The first-order chi connectivity index (χ1) is 11.0. The Labute approximate surface area is 137 Å². The molecule has 0 saturated carbocycles. The molecule has 1 heterocycles. The van der Waals surface area contributed by atoms with Crippen molar-refractivity contribution >= 4 is 17.9 Å². The molecule has 1 saturated heterocycles. The van der Waals surface area contributed by atoms with E-state index in [1.807, 2.05) is 38.1 Å². The molecule has 2 rings (SSSR count). The number of amides is 2. The Morgan fingerprint density at radius 2 is 2.09 bits per heavy atom. The summed E-state index contributed by atoms with van der Waals surface area (Å²) in [6.45, 7) is 4.64. The fourth-order valence-corrected chi connectivity index (χ4v) is 2.45. The minimum Gasteiger partial charge on any atom is -0.491 e. The summed E-state index contributed by atoms with van der Waals surface area (Å²) in [6, 6.07) is 7.48. The lowest BCUT2D eigenvalue weighted by molar-refractivity contribution is -0.121. The van der Waals surface area contributed by atoms with Gasteiger partial charge in [-0.2, -0.15) is 0 Å². The van der Waals surface area contributed by atoms with Crippen molar-refractivity contribution < 1.29 is 14.3 Å². The van der Waals surface area contributed by atoms with Crippen LogP contribution >= 0.6 is 0 Å². The smallest absolute Gasteiger partial charge is 0.244 e. The van der Waals surface area contributed by atoms with Gasteiger partial charge in [0.25, 0.3) is 0 Å². The normalized spacial score (nSPS) is 18.6. The minimum absolute atomic E-state index is 0.00230. The second-order valence-corrected chi connectivity index (χ2v) is 5.97. The molecule has 0 radical (unpaired) electrons. The van der Waals surface area contributed by atoms with Crippen molar-refractivity contribution in [2.75, 3.05) is 6.54 Å². The predicted octanol–water partition coefficient (Wildman–Crippen LogP) is 2.27. The first-order valence-corrected chi connectivity index (χ1v) is 8.05. The zero-order valence-electron chi connectivity index (χ0n) is 13.7. The molecule has 1 aliphatic heterocycles. The molecule has 1 aromatic rings. The van der Waals surface area contributed by atoms with Crippen LogP contribution < -0.4 is 15.4 Å². The number of rotatable bonds is 5. The maximum Gasteiger partial charge on any atom is 0.244 e. The molecule has 5 nitrogen and oxygen atoms in total. The summed E-state index contributed by atoms with van der Waals surface area (Å²) < 4.78 is 5.58.